The zero-order valence-corrected chi connectivity index (χ0v) is 13.9. The molecule has 0 heterocycles. The summed E-state index contributed by atoms with van der Waals surface area (Å²) in [4.78, 5) is 2.59. The molecule has 0 radical (unpaired) electrons. The van der Waals surface area contributed by atoms with Gasteiger partial charge in [0.2, 0.25) is 0 Å². The first-order valence-corrected chi connectivity index (χ1v) is 8.69. The molecule has 4 nitrogen and oxygen atoms in total. The highest BCUT2D eigenvalue weighted by Gasteiger charge is 2.01. The molecule has 0 saturated heterocycles. The van der Waals surface area contributed by atoms with Crippen molar-refractivity contribution in [1.29, 1.82) is 0 Å². The molecule has 0 bridgehead atoms. The van der Waals surface area contributed by atoms with Gasteiger partial charge in [0.15, 0.2) is 0 Å². The second-order valence-electron chi connectivity index (χ2n) is 5.54. The van der Waals surface area contributed by atoms with E-state index < -0.39 is 0 Å². The molecule has 4 N–H and O–H groups in total. The maximum absolute atomic E-state index is 5.44. The highest BCUT2D eigenvalue weighted by molar-refractivity contribution is 4.58. The molecule has 0 aliphatic carbocycles. The van der Waals surface area contributed by atoms with E-state index in [9.17, 15) is 0 Å². The average molecular weight is 287 g/mol. The van der Waals surface area contributed by atoms with Crippen LogP contribution in [0.1, 0.15) is 52.4 Å². The zero-order chi connectivity index (χ0) is 14.9. The van der Waals surface area contributed by atoms with Gasteiger partial charge in [0.1, 0.15) is 0 Å². The largest absolute Gasteiger partial charge is 0.330 e. The summed E-state index contributed by atoms with van der Waals surface area (Å²) in [5.41, 5.74) is 5.44. The molecular weight excluding hydrogens is 248 g/mol. The van der Waals surface area contributed by atoms with Crippen LogP contribution in [0, 0.1) is 0 Å². The van der Waals surface area contributed by atoms with Gasteiger partial charge in [-0.1, -0.05) is 13.8 Å². The lowest BCUT2D eigenvalue weighted by atomic mass is 10.3. The van der Waals surface area contributed by atoms with Gasteiger partial charge in [0.25, 0.3) is 0 Å². The molecule has 0 spiro atoms. The molecule has 0 rings (SSSR count). The number of nitrogens with one attached hydrogen (secondary N) is 2. The van der Waals surface area contributed by atoms with Crippen LogP contribution in [-0.4, -0.2) is 57.3 Å². The summed E-state index contributed by atoms with van der Waals surface area (Å²) in [5.74, 6) is 0. The van der Waals surface area contributed by atoms with Crippen molar-refractivity contribution in [2.45, 2.75) is 52.4 Å². The lowest BCUT2D eigenvalue weighted by Gasteiger charge is -2.20. The van der Waals surface area contributed by atoms with Crippen molar-refractivity contribution in [2.75, 3.05) is 52.4 Å². The zero-order valence-electron chi connectivity index (χ0n) is 13.9. The molecule has 122 valence electrons. The molecule has 0 aromatic heterocycles. The van der Waals surface area contributed by atoms with Gasteiger partial charge in [0.05, 0.1) is 0 Å². The van der Waals surface area contributed by atoms with Crippen molar-refractivity contribution in [2.24, 2.45) is 5.73 Å². The minimum atomic E-state index is 0.793. The fourth-order valence-corrected chi connectivity index (χ4v) is 2.37. The Morgan fingerprint density at radius 3 is 1.70 bits per heavy atom. The van der Waals surface area contributed by atoms with E-state index in [0.29, 0.717) is 0 Å². The SMILES string of the molecule is CCCN(CCC)CCCNCCCCNCCCN. The second kappa shape index (κ2) is 16.9. The molecule has 0 aromatic carbocycles. The van der Waals surface area contributed by atoms with E-state index in [1.54, 1.807) is 0 Å². The minimum Gasteiger partial charge on any atom is -0.330 e. The highest BCUT2D eigenvalue weighted by atomic mass is 15.1. The van der Waals surface area contributed by atoms with Crippen LogP contribution in [0.15, 0.2) is 0 Å². The van der Waals surface area contributed by atoms with E-state index in [-0.39, 0.29) is 0 Å². The Balaban J connectivity index is 3.18. The Labute approximate surface area is 126 Å². The summed E-state index contributed by atoms with van der Waals surface area (Å²) in [7, 11) is 0. The second-order valence-corrected chi connectivity index (χ2v) is 5.54. The van der Waals surface area contributed by atoms with E-state index in [4.69, 9.17) is 5.73 Å². The van der Waals surface area contributed by atoms with Gasteiger partial charge in [-0.2, -0.15) is 0 Å². The van der Waals surface area contributed by atoms with Gasteiger partial charge in [-0.25, -0.2) is 0 Å². The summed E-state index contributed by atoms with van der Waals surface area (Å²) in [5, 5.41) is 6.97. The predicted molar refractivity (Wildman–Crippen MR) is 90.3 cm³/mol. The third-order valence-corrected chi connectivity index (χ3v) is 3.42. The summed E-state index contributed by atoms with van der Waals surface area (Å²) in [6.45, 7) is 13.6. The lowest BCUT2D eigenvalue weighted by molar-refractivity contribution is 0.270. The third-order valence-electron chi connectivity index (χ3n) is 3.42. The van der Waals surface area contributed by atoms with Crippen LogP contribution in [-0.2, 0) is 0 Å². The van der Waals surface area contributed by atoms with Gasteiger partial charge < -0.3 is 21.3 Å². The first-order valence-electron chi connectivity index (χ1n) is 8.69. The van der Waals surface area contributed by atoms with E-state index in [1.807, 2.05) is 0 Å². The summed E-state index contributed by atoms with van der Waals surface area (Å²) in [6, 6.07) is 0. The first-order chi connectivity index (χ1) is 9.85. The predicted octanol–water partition coefficient (Wildman–Crippen LogP) is 1.81. The molecule has 0 unspecified atom stereocenters. The minimum absolute atomic E-state index is 0.793. The van der Waals surface area contributed by atoms with Gasteiger partial charge in [-0.15, -0.1) is 0 Å². The molecule has 0 aliphatic heterocycles. The Morgan fingerprint density at radius 2 is 1.20 bits per heavy atom. The van der Waals surface area contributed by atoms with Crippen molar-refractivity contribution in [1.82, 2.24) is 15.5 Å². The van der Waals surface area contributed by atoms with Gasteiger partial charge in [-0.05, 0) is 90.9 Å². The number of unbranched alkanes of at least 4 members (excludes halogenated alkanes) is 1. The number of rotatable bonds is 16. The van der Waals surface area contributed by atoms with Crippen molar-refractivity contribution >= 4 is 0 Å². The molecule has 0 fully saturated rings. The number of hydrogen-bond acceptors (Lipinski definition) is 4. The lowest BCUT2D eigenvalue weighted by Crippen LogP contribution is -2.29. The topological polar surface area (TPSA) is 53.3 Å². The molecule has 0 atom stereocenters. The number of hydrogen-bond donors (Lipinski definition) is 3. The molecule has 0 amide bonds. The molecule has 20 heavy (non-hydrogen) atoms. The monoisotopic (exact) mass is 286 g/mol. The van der Waals surface area contributed by atoms with Crippen LogP contribution in [0.25, 0.3) is 0 Å². The maximum atomic E-state index is 5.44. The van der Waals surface area contributed by atoms with Gasteiger partial charge in [-0.3, -0.25) is 0 Å². The fourth-order valence-electron chi connectivity index (χ4n) is 2.37. The fraction of sp³-hybridized carbons (Fsp3) is 1.00. The van der Waals surface area contributed by atoms with Crippen LogP contribution >= 0.6 is 0 Å². The van der Waals surface area contributed by atoms with Gasteiger partial charge in [0, 0.05) is 0 Å². The van der Waals surface area contributed by atoms with Crippen molar-refractivity contribution in [3.05, 3.63) is 0 Å². The normalized spacial score (nSPS) is 11.4. The van der Waals surface area contributed by atoms with Crippen molar-refractivity contribution < 1.29 is 0 Å². The highest BCUT2D eigenvalue weighted by Crippen LogP contribution is 1.95. The molecule has 0 saturated carbocycles. The van der Waals surface area contributed by atoms with Crippen LogP contribution in [0.4, 0.5) is 0 Å². The van der Waals surface area contributed by atoms with E-state index in [0.717, 1.165) is 39.1 Å². The van der Waals surface area contributed by atoms with Crippen LogP contribution in [0.5, 0.6) is 0 Å². The molecule has 0 aromatic rings. The van der Waals surface area contributed by atoms with Crippen LogP contribution in [0.3, 0.4) is 0 Å². The Morgan fingerprint density at radius 1 is 0.700 bits per heavy atom. The maximum Gasteiger partial charge on any atom is -0.000664 e. The molecule has 0 aliphatic rings. The van der Waals surface area contributed by atoms with Crippen molar-refractivity contribution in [3.8, 4) is 0 Å². The van der Waals surface area contributed by atoms with Crippen LogP contribution < -0.4 is 16.4 Å². The number of nitrogens with zero attached hydrogens (tertiary/aromatic N) is 1. The molecule has 4 heteroatoms. The van der Waals surface area contributed by atoms with E-state index in [1.165, 1.54) is 51.7 Å². The Hall–Kier alpha value is -0.160. The van der Waals surface area contributed by atoms with Crippen molar-refractivity contribution in [3.63, 3.8) is 0 Å². The van der Waals surface area contributed by atoms with Crippen LogP contribution in [0.2, 0.25) is 0 Å². The van der Waals surface area contributed by atoms with E-state index >= 15 is 0 Å². The average Bonchev–Trinajstić information content (AvgIpc) is 2.45. The Bertz CT molecular complexity index is 170. The first kappa shape index (κ1) is 19.8. The van der Waals surface area contributed by atoms with Gasteiger partial charge >= 0.3 is 0 Å². The quantitative estimate of drug-likeness (QED) is 0.379. The summed E-state index contributed by atoms with van der Waals surface area (Å²) < 4.78 is 0. The van der Waals surface area contributed by atoms with E-state index in [2.05, 4.69) is 29.4 Å². The number of nitrogens with two attached hydrogens (primary N) is 1. The standard InChI is InChI=1S/C16H38N4/c1-3-14-20(15-4-2)16-8-13-19-11-6-5-10-18-12-7-9-17/h18-19H,3-17H2,1-2H3. The molecular formula is C16H38N4. The summed E-state index contributed by atoms with van der Waals surface area (Å²) in [6.07, 6.45) is 7.42. The third kappa shape index (κ3) is 14.3. The Kier molecular flexibility index (Phi) is 16.8. The smallest absolute Gasteiger partial charge is 0.000664 e. The summed E-state index contributed by atoms with van der Waals surface area (Å²) >= 11 is 0.